The highest BCUT2D eigenvalue weighted by Crippen LogP contribution is 2.42. The van der Waals surface area contributed by atoms with E-state index in [4.69, 9.17) is 4.74 Å². The van der Waals surface area contributed by atoms with Crippen molar-refractivity contribution < 1.29 is 14.7 Å². The first kappa shape index (κ1) is 10.1. The summed E-state index contributed by atoms with van der Waals surface area (Å²) in [6.07, 6.45) is 5.52. The Morgan fingerprint density at radius 3 is 2.79 bits per heavy atom. The first-order valence-corrected chi connectivity index (χ1v) is 5.31. The van der Waals surface area contributed by atoms with E-state index in [9.17, 15) is 5.11 Å². The summed E-state index contributed by atoms with van der Waals surface area (Å²) in [5.74, 6) is 0. The Morgan fingerprint density at radius 1 is 1.43 bits per heavy atom. The van der Waals surface area contributed by atoms with Crippen molar-refractivity contribution in [3.8, 4) is 0 Å². The fourth-order valence-corrected chi connectivity index (χ4v) is 2.78. The molecule has 2 aliphatic rings. The molecule has 2 N–H and O–H groups in total. The molecule has 0 unspecified atom stereocenters. The molecule has 3 heteroatoms. The summed E-state index contributed by atoms with van der Waals surface area (Å²) < 4.78 is 6.06. The summed E-state index contributed by atoms with van der Waals surface area (Å²) in [7, 11) is 4.23. The van der Waals surface area contributed by atoms with Crippen LogP contribution >= 0.6 is 0 Å². The second kappa shape index (κ2) is 3.05. The van der Waals surface area contributed by atoms with Crippen LogP contribution in [0.15, 0.2) is 12.2 Å². The van der Waals surface area contributed by atoms with Gasteiger partial charge in [-0.15, -0.1) is 0 Å². The lowest BCUT2D eigenvalue weighted by molar-refractivity contribution is -0.865. The van der Waals surface area contributed by atoms with Crippen LogP contribution in [0, 0.1) is 0 Å². The van der Waals surface area contributed by atoms with Crippen LogP contribution in [0.5, 0.6) is 0 Å². The lowest BCUT2D eigenvalue weighted by Crippen LogP contribution is -3.08. The predicted octanol–water partition coefficient (Wildman–Crippen LogP) is -0.630. The molecule has 14 heavy (non-hydrogen) atoms. The highest BCUT2D eigenvalue weighted by molar-refractivity contribution is 5.21. The Balaban J connectivity index is 2.17. The van der Waals surface area contributed by atoms with Gasteiger partial charge in [0, 0.05) is 12.8 Å². The molecular weight excluding hydrogens is 178 g/mol. The molecule has 3 nitrogen and oxygen atoms in total. The van der Waals surface area contributed by atoms with Gasteiger partial charge in [-0.1, -0.05) is 6.08 Å². The van der Waals surface area contributed by atoms with E-state index in [1.807, 2.05) is 0 Å². The van der Waals surface area contributed by atoms with Gasteiger partial charge in [-0.05, 0) is 13.0 Å². The zero-order valence-electron chi connectivity index (χ0n) is 9.21. The topological polar surface area (TPSA) is 33.9 Å². The lowest BCUT2D eigenvalue weighted by Gasteiger charge is -2.40. The van der Waals surface area contributed by atoms with Crippen LogP contribution in [-0.2, 0) is 4.74 Å². The maximum atomic E-state index is 9.80. The van der Waals surface area contributed by atoms with Crippen molar-refractivity contribution in [2.24, 2.45) is 0 Å². The van der Waals surface area contributed by atoms with Gasteiger partial charge in [0.05, 0.1) is 25.8 Å². The van der Waals surface area contributed by atoms with Gasteiger partial charge in [0.2, 0.25) is 0 Å². The van der Waals surface area contributed by atoms with E-state index in [0.29, 0.717) is 0 Å². The first-order valence-electron chi connectivity index (χ1n) is 5.31. The van der Waals surface area contributed by atoms with Crippen LogP contribution < -0.4 is 4.90 Å². The van der Waals surface area contributed by atoms with Crippen molar-refractivity contribution in [1.29, 1.82) is 0 Å². The van der Waals surface area contributed by atoms with E-state index in [0.717, 1.165) is 19.4 Å². The minimum Gasteiger partial charge on any atom is -0.393 e. The van der Waals surface area contributed by atoms with E-state index in [1.165, 1.54) is 4.90 Å². The highest BCUT2D eigenvalue weighted by Gasteiger charge is 2.50. The SMILES string of the molecule is C[NH+](C)C[C@@]12C=C[C@@](C)(C[C@H](O)C1)O2. The Bertz CT molecular complexity index is 260. The third-order valence-electron chi connectivity index (χ3n) is 3.05. The number of hydrogen-bond acceptors (Lipinski definition) is 2. The number of rotatable bonds is 2. The van der Waals surface area contributed by atoms with E-state index in [1.54, 1.807) is 0 Å². The monoisotopic (exact) mass is 198 g/mol. The van der Waals surface area contributed by atoms with Crippen LogP contribution in [0.1, 0.15) is 19.8 Å². The molecule has 0 saturated carbocycles. The number of aliphatic hydroxyl groups excluding tert-OH is 1. The van der Waals surface area contributed by atoms with Crippen LogP contribution in [0.2, 0.25) is 0 Å². The van der Waals surface area contributed by atoms with Gasteiger partial charge in [-0.3, -0.25) is 0 Å². The fourth-order valence-electron chi connectivity index (χ4n) is 2.78. The van der Waals surface area contributed by atoms with Crippen LogP contribution in [0.25, 0.3) is 0 Å². The maximum Gasteiger partial charge on any atom is 0.138 e. The van der Waals surface area contributed by atoms with Crippen molar-refractivity contribution in [2.45, 2.75) is 37.1 Å². The number of quaternary nitrogens is 1. The summed E-state index contributed by atoms with van der Waals surface area (Å²) >= 11 is 0. The Morgan fingerprint density at radius 2 is 2.14 bits per heavy atom. The van der Waals surface area contributed by atoms with E-state index >= 15 is 0 Å². The van der Waals surface area contributed by atoms with Gasteiger partial charge in [0.25, 0.3) is 0 Å². The molecule has 0 radical (unpaired) electrons. The fraction of sp³-hybridized carbons (Fsp3) is 0.818. The van der Waals surface area contributed by atoms with Gasteiger partial charge >= 0.3 is 0 Å². The Hall–Kier alpha value is -0.380. The molecule has 0 aromatic heterocycles. The molecule has 0 spiro atoms. The van der Waals surface area contributed by atoms with Crippen molar-refractivity contribution in [3.63, 3.8) is 0 Å². The summed E-state index contributed by atoms with van der Waals surface area (Å²) in [5.41, 5.74) is -0.446. The van der Waals surface area contributed by atoms with Gasteiger partial charge < -0.3 is 14.7 Å². The van der Waals surface area contributed by atoms with Gasteiger partial charge in [-0.25, -0.2) is 0 Å². The van der Waals surface area contributed by atoms with Crippen molar-refractivity contribution in [1.82, 2.24) is 0 Å². The van der Waals surface area contributed by atoms with Crippen molar-refractivity contribution in [2.75, 3.05) is 20.6 Å². The molecule has 3 atom stereocenters. The molecule has 1 fully saturated rings. The van der Waals surface area contributed by atoms with E-state index in [2.05, 4.69) is 33.2 Å². The van der Waals surface area contributed by atoms with Gasteiger partial charge in [0.1, 0.15) is 12.1 Å². The average Bonchev–Trinajstić information content (AvgIpc) is 2.19. The third-order valence-corrected chi connectivity index (χ3v) is 3.05. The normalized spacial score (nSPS) is 46.2. The summed E-state index contributed by atoms with van der Waals surface area (Å²) in [4.78, 5) is 1.35. The number of hydrogen-bond donors (Lipinski definition) is 2. The molecule has 0 aromatic rings. The minimum absolute atomic E-state index is 0.217. The quantitative estimate of drug-likeness (QED) is 0.579. The number of ether oxygens (including phenoxy) is 1. The van der Waals surface area contributed by atoms with Gasteiger partial charge in [-0.2, -0.15) is 0 Å². The molecule has 1 saturated heterocycles. The van der Waals surface area contributed by atoms with E-state index in [-0.39, 0.29) is 17.3 Å². The molecule has 2 heterocycles. The first-order chi connectivity index (χ1) is 6.43. The van der Waals surface area contributed by atoms with Gasteiger partial charge in [0.15, 0.2) is 0 Å². The average molecular weight is 198 g/mol. The molecule has 2 bridgehead atoms. The largest absolute Gasteiger partial charge is 0.393 e. The number of fused-ring (bicyclic) bond motifs is 2. The third kappa shape index (κ3) is 1.72. The highest BCUT2D eigenvalue weighted by atomic mass is 16.5. The van der Waals surface area contributed by atoms with Crippen LogP contribution in [0.4, 0.5) is 0 Å². The van der Waals surface area contributed by atoms with Crippen LogP contribution in [-0.4, -0.2) is 43.1 Å². The Kier molecular flexibility index (Phi) is 2.21. The van der Waals surface area contributed by atoms with E-state index < -0.39 is 0 Å². The number of aliphatic hydroxyl groups is 1. The molecule has 0 amide bonds. The lowest BCUT2D eigenvalue weighted by atomic mass is 9.90. The number of likely N-dealkylation sites (N-methyl/N-ethyl adjacent to an activating group) is 1. The molecule has 0 aliphatic carbocycles. The Labute approximate surface area is 85.4 Å². The summed E-state index contributed by atoms with van der Waals surface area (Å²) in [6, 6.07) is 0. The molecule has 80 valence electrons. The second-order valence-electron chi connectivity index (χ2n) is 5.26. The minimum atomic E-state index is -0.229. The van der Waals surface area contributed by atoms with Crippen molar-refractivity contribution in [3.05, 3.63) is 12.2 Å². The summed E-state index contributed by atoms with van der Waals surface area (Å²) in [5, 5.41) is 9.80. The zero-order valence-corrected chi connectivity index (χ0v) is 9.21. The molecular formula is C11H20NO2+. The molecule has 0 aromatic carbocycles. The number of nitrogens with one attached hydrogen (secondary N) is 1. The maximum absolute atomic E-state index is 9.80. The predicted molar refractivity (Wildman–Crippen MR) is 54.3 cm³/mol. The van der Waals surface area contributed by atoms with Crippen molar-refractivity contribution >= 4 is 0 Å². The van der Waals surface area contributed by atoms with Crippen LogP contribution in [0.3, 0.4) is 0 Å². The standard InChI is InChI=1S/C11H19NO2/c1-10-4-5-11(14-10,8-12(2)3)7-9(13)6-10/h4-5,9,13H,6-8H2,1-3H3/p+1/t9-,10-,11+/m0/s1. The summed E-state index contributed by atoms with van der Waals surface area (Å²) in [6.45, 7) is 2.98. The molecule has 2 rings (SSSR count). The smallest absolute Gasteiger partial charge is 0.138 e. The molecule has 2 aliphatic heterocycles. The zero-order chi connectivity index (χ0) is 10.4. The second-order valence-corrected chi connectivity index (χ2v) is 5.26.